The van der Waals surface area contributed by atoms with Gasteiger partial charge in [-0.2, -0.15) is 5.26 Å². The number of para-hydroxylation sites is 3. The molecule has 7 aromatic carbocycles. The molecule has 0 N–H and O–H groups in total. The van der Waals surface area contributed by atoms with Crippen LogP contribution in [0.3, 0.4) is 0 Å². The molecule has 0 unspecified atom stereocenters. The zero-order valence-electron chi connectivity index (χ0n) is 29.0. The van der Waals surface area contributed by atoms with Crippen LogP contribution in [0.15, 0.2) is 160 Å². The molecule has 0 fully saturated rings. The summed E-state index contributed by atoms with van der Waals surface area (Å²) in [5.41, 5.74) is 9.75. The third-order valence-electron chi connectivity index (χ3n) is 10.5. The van der Waals surface area contributed by atoms with Crippen LogP contribution < -0.4 is 0 Å². The third kappa shape index (κ3) is 4.54. The van der Waals surface area contributed by atoms with Crippen LogP contribution in [0.1, 0.15) is 5.56 Å². The summed E-state index contributed by atoms with van der Waals surface area (Å²) in [7, 11) is 0. The zero-order valence-corrected chi connectivity index (χ0v) is 29.0. The Balaban J connectivity index is 1.16. The first-order chi connectivity index (χ1) is 27.2. The number of nitriles is 1. The van der Waals surface area contributed by atoms with Gasteiger partial charge in [-0.05, 0) is 66.2 Å². The Bertz CT molecular complexity index is 3470. The van der Waals surface area contributed by atoms with Crippen molar-refractivity contribution in [3.05, 3.63) is 169 Å². The number of nitrogens with zero attached hydrogens (tertiary/aromatic N) is 5. The monoisotopic (exact) mass is 703 g/mol. The number of fused-ring (bicyclic) bond motifs is 10. The first-order valence-corrected chi connectivity index (χ1v) is 17.8. The second kappa shape index (κ2) is 11.8. The van der Waals surface area contributed by atoms with Crippen LogP contribution in [-0.4, -0.2) is 14.5 Å². The number of benzene rings is 7. The lowest BCUT2D eigenvalue weighted by Gasteiger charge is -2.15. The Kier molecular flexibility index (Phi) is 6.54. The van der Waals surface area contributed by atoms with E-state index in [2.05, 4.69) is 39.7 Å². The number of hydrogen-bond donors (Lipinski definition) is 0. The first kappa shape index (κ1) is 30.6. The molecule has 4 aromatic heterocycles. The topological polar surface area (TPSA) is 85.1 Å². The maximum Gasteiger partial charge on any atom is 0.211 e. The molecule has 11 rings (SSSR count). The molecule has 7 nitrogen and oxygen atoms in total. The fourth-order valence-electron chi connectivity index (χ4n) is 8.04. The molecule has 4 heterocycles. The molecule has 0 aliphatic carbocycles. The lowest BCUT2D eigenvalue weighted by Crippen LogP contribution is -2.01. The van der Waals surface area contributed by atoms with Crippen molar-refractivity contribution in [3.8, 4) is 45.7 Å². The van der Waals surface area contributed by atoms with E-state index < -0.39 is 0 Å². The molecule has 7 heteroatoms. The second-order valence-corrected chi connectivity index (χ2v) is 13.5. The van der Waals surface area contributed by atoms with Gasteiger partial charge in [0.05, 0.1) is 40.1 Å². The molecule has 11 aromatic rings. The molecule has 0 saturated heterocycles. The van der Waals surface area contributed by atoms with Gasteiger partial charge < -0.3 is 13.4 Å². The SMILES string of the molecule is [C-]#[N+]c1cc(-c2nc(-c3ccc4oc5ccccc5c4c3)nc(-c3ccccc3)c2C#N)ccc1-n1c2ccccc2c2ccc3oc4ccccc4c3c21. The molecule has 0 aliphatic rings. The van der Waals surface area contributed by atoms with E-state index in [4.69, 9.17) is 25.4 Å². The van der Waals surface area contributed by atoms with Gasteiger partial charge >= 0.3 is 0 Å². The summed E-state index contributed by atoms with van der Waals surface area (Å²) in [6.45, 7) is 8.49. The summed E-state index contributed by atoms with van der Waals surface area (Å²) >= 11 is 0. The van der Waals surface area contributed by atoms with E-state index >= 15 is 0 Å². The first-order valence-electron chi connectivity index (χ1n) is 17.8. The Morgan fingerprint density at radius 3 is 1.98 bits per heavy atom. The van der Waals surface area contributed by atoms with E-state index in [1.54, 1.807) is 0 Å². The average molecular weight is 704 g/mol. The highest BCUT2D eigenvalue weighted by Crippen LogP contribution is 2.44. The maximum atomic E-state index is 10.7. The molecule has 0 spiro atoms. The standard InChI is InChI=1S/C48H25N5O2/c1-50-37-26-29(19-22-39(37)53-38-16-8-5-13-31(38)33-21-24-43-44(47(33)53)34-15-7-10-18-41(34)55-43)46-36(27-49)45(28-11-3-2-4-12-28)51-48(52-46)30-20-23-42-35(25-30)32-14-6-9-17-40(32)54-42/h2-26H. The lowest BCUT2D eigenvalue weighted by molar-refractivity contribution is 0.668. The predicted molar refractivity (Wildman–Crippen MR) is 218 cm³/mol. The fraction of sp³-hybridized carbons (Fsp3) is 0. The van der Waals surface area contributed by atoms with E-state index in [0.717, 1.165) is 82.5 Å². The Hall–Kier alpha value is -8.00. The van der Waals surface area contributed by atoms with Crippen molar-refractivity contribution in [3.63, 3.8) is 0 Å². The Morgan fingerprint density at radius 2 is 1.18 bits per heavy atom. The molecular formula is C48H25N5O2. The van der Waals surface area contributed by atoms with Gasteiger partial charge in [-0.3, -0.25) is 0 Å². The number of rotatable bonds is 4. The van der Waals surface area contributed by atoms with Crippen LogP contribution in [0, 0.1) is 17.9 Å². The van der Waals surface area contributed by atoms with Crippen molar-refractivity contribution in [2.24, 2.45) is 0 Å². The van der Waals surface area contributed by atoms with Crippen molar-refractivity contribution in [2.75, 3.05) is 0 Å². The predicted octanol–water partition coefficient (Wildman–Crippen LogP) is 12.8. The highest BCUT2D eigenvalue weighted by Gasteiger charge is 2.23. The Morgan fingerprint density at radius 1 is 0.545 bits per heavy atom. The minimum Gasteiger partial charge on any atom is -0.456 e. The third-order valence-corrected chi connectivity index (χ3v) is 10.5. The van der Waals surface area contributed by atoms with Gasteiger partial charge in [0, 0.05) is 38.1 Å². The Labute approximate surface area is 313 Å². The minimum absolute atomic E-state index is 0.330. The van der Waals surface area contributed by atoms with Crippen molar-refractivity contribution < 1.29 is 8.83 Å². The molecule has 0 bridgehead atoms. The van der Waals surface area contributed by atoms with Crippen LogP contribution in [0.2, 0.25) is 0 Å². The van der Waals surface area contributed by atoms with Gasteiger partial charge in [0.25, 0.3) is 0 Å². The number of hydrogen-bond acceptors (Lipinski definition) is 5. The molecule has 0 amide bonds. The molecule has 254 valence electrons. The van der Waals surface area contributed by atoms with E-state index in [-0.39, 0.29) is 0 Å². The van der Waals surface area contributed by atoms with E-state index in [1.165, 1.54) is 0 Å². The summed E-state index contributed by atoms with van der Waals surface area (Å²) in [5.74, 6) is 0.463. The van der Waals surface area contributed by atoms with Crippen molar-refractivity contribution in [2.45, 2.75) is 0 Å². The molecule has 0 aliphatic heterocycles. The lowest BCUT2D eigenvalue weighted by atomic mass is 9.99. The van der Waals surface area contributed by atoms with Crippen LogP contribution in [-0.2, 0) is 0 Å². The number of furan rings is 2. The van der Waals surface area contributed by atoms with Crippen molar-refractivity contribution in [1.29, 1.82) is 5.26 Å². The van der Waals surface area contributed by atoms with Crippen molar-refractivity contribution >= 4 is 71.4 Å². The fourth-order valence-corrected chi connectivity index (χ4v) is 8.04. The van der Waals surface area contributed by atoms with Gasteiger partial charge in [0.15, 0.2) is 5.82 Å². The number of aromatic nitrogens is 3. The van der Waals surface area contributed by atoms with Gasteiger partial charge in [0.1, 0.15) is 34.0 Å². The van der Waals surface area contributed by atoms with E-state index in [9.17, 15) is 5.26 Å². The summed E-state index contributed by atoms with van der Waals surface area (Å²) in [5, 5.41) is 16.8. The summed E-state index contributed by atoms with van der Waals surface area (Å²) in [6.07, 6.45) is 0. The quantitative estimate of drug-likeness (QED) is 0.170. The van der Waals surface area contributed by atoms with Crippen LogP contribution in [0.5, 0.6) is 0 Å². The smallest absolute Gasteiger partial charge is 0.211 e. The average Bonchev–Trinajstić information content (AvgIpc) is 3.92. The normalized spacial score (nSPS) is 11.6. The molecule has 0 radical (unpaired) electrons. The maximum absolute atomic E-state index is 10.7. The highest BCUT2D eigenvalue weighted by atomic mass is 16.3. The van der Waals surface area contributed by atoms with Gasteiger partial charge in [-0.15, -0.1) is 0 Å². The highest BCUT2D eigenvalue weighted by molar-refractivity contribution is 6.24. The molecule has 0 saturated carbocycles. The van der Waals surface area contributed by atoms with Crippen molar-refractivity contribution in [1.82, 2.24) is 14.5 Å². The summed E-state index contributed by atoms with van der Waals surface area (Å²) in [4.78, 5) is 14.2. The van der Waals surface area contributed by atoms with Crippen LogP contribution in [0.4, 0.5) is 5.69 Å². The van der Waals surface area contributed by atoms with Gasteiger partial charge in [0.2, 0.25) is 5.69 Å². The van der Waals surface area contributed by atoms with Crippen LogP contribution in [0.25, 0.3) is 110 Å². The molecule has 55 heavy (non-hydrogen) atoms. The summed E-state index contributed by atoms with van der Waals surface area (Å²) < 4.78 is 14.6. The molecular weight excluding hydrogens is 679 g/mol. The summed E-state index contributed by atoms with van der Waals surface area (Å²) in [6, 6.07) is 52.2. The van der Waals surface area contributed by atoms with Gasteiger partial charge in [-0.1, -0.05) is 91.0 Å². The van der Waals surface area contributed by atoms with Gasteiger partial charge in [-0.25, -0.2) is 14.8 Å². The van der Waals surface area contributed by atoms with E-state index in [1.807, 2.05) is 127 Å². The minimum atomic E-state index is 0.330. The van der Waals surface area contributed by atoms with Crippen LogP contribution >= 0.6 is 0 Å². The second-order valence-electron chi connectivity index (χ2n) is 13.5. The largest absolute Gasteiger partial charge is 0.456 e. The van der Waals surface area contributed by atoms with E-state index in [0.29, 0.717) is 34.0 Å². The molecule has 0 atom stereocenters. The zero-order chi connectivity index (χ0) is 36.6.